The molecule has 1 saturated heterocycles. The van der Waals surface area contributed by atoms with Crippen molar-refractivity contribution < 1.29 is 13.9 Å². The molecular weight excluding hydrogens is 404 g/mol. The lowest BCUT2D eigenvalue weighted by Gasteiger charge is -2.26. The first kappa shape index (κ1) is 21.1. The molecule has 0 radical (unpaired) electrons. The summed E-state index contributed by atoms with van der Waals surface area (Å²) in [6.07, 6.45) is 5.36. The van der Waals surface area contributed by atoms with Crippen LogP contribution in [0, 0.1) is 0 Å². The number of fused-ring (bicyclic) bond motifs is 1. The van der Waals surface area contributed by atoms with Gasteiger partial charge in [-0.3, -0.25) is 14.3 Å². The number of aromatic nitrogens is 2. The third-order valence-electron chi connectivity index (χ3n) is 5.54. The highest BCUT2D eigenvalue weighted by atomic mass is 32.2. The number of carbonyl (C=O) groups excluding carboxylic acids is 1. The van der Waals surface area contributed by atoms with E-state index in [1.807, 2.05) is 10.6 Å². The van der Waals surface area contributed by atoms with Crippen LogP contribution in [0.25, 0.3) is 0 Å². The van der Waals surface area contributed by atoms with Crippen LogP contribution >= 0.6 is 11.8 Å². The lowest BCUT2D eigenvalue weighted by Crippen LogP contribution is -2.37. The zero-order chi connectivity index (χ0) is 20.8. The maximum absolute atomic E-state index is 12.7. The fourth-order valence-electron chi connectivity index (χ4n) is 4.00. The van der Waals surface area contributed by atoms with Crippen molar-refractivity contribution >= 4 is 17.7 Å². The second kappa shape index (κ2) is 10.3. The highest BCUT2D eigenvalue weighted by molar-refractivity contribution is 7.99. The topological polar surface area (TPSA) is 89.6 Å². The molecule has 30 heavy (non-hydrogen) atoms. The molecule has 0 atom stereocenters. The van der Waals surface area contributed by atoms with Crippen molar-refractivity contribution in [1.82, 2.24) is 19.8 Å². The first-order valence-corrected chi connectivity index (χ1v) is 11.5. The second-order valence-electron chi connectivity index (χ2n) is 7.58. The molecule has 2 aromatic rings. The normalized spacial score (nSPS) is 16.5. The summed E-state index contributed by atoms with van der Waals surface area (Å²) in [5, 5.41) is 3.54. The van der Waals surface area contributed by atoms with Gasteiger partial charge in [-0.15, -0.1) is 0 Å². The van der Waals surface area contributed by atoms with E-state index >= 15 is 0 Å². The van der Waals surface area contributed by atoms with Gasteiger partial charge in [0.2, 0.25) is 5.91 Å². The van der Waals surface area contributed by atoms with E-state index in [1.54, 1.807) is 12.3 Å². The fourth-order valence-corrected chi connectivity index (χ4v) is 4.90. The number of hydrogen-bond acceptors (Lipinski definition) is 7. The maximum Gasteiger partial charge on any atom is 0.348 e. The van der Waals surface area contributed by atoms with E-state index in [2.05, 4.69) is 15.2 Å². The third-order valence-corrected chi connectivity index (χ3v) is 6.56. The molecule has 2 aliphatic rings. The number of carbonyl (C=O) groups is 1. The number of furan rings is 1. The summed E-state index contributed by atoms with van der Waals surface area (Å²) in [6.45, 7) is 5.53. The summed E-state index contributed by atoms with van der Waals surface area (Å²) >= 11 is 1.35. The average molecular weight is 433 g/mol. The Labute approximate surface area is 180 Å². The van der Waals surface area contributed by atoms with Crippen molar-refractivity contribution in [1.29, 1.82) is 0 Å². The van der Waals surface area contributed by atoms with Gasteiger partial charge in [-0.2, -0.15) is 4.98 Å². The van der Waals surface area contributed by atoms with Crippen LogP contribution < -0.4 is 11.0 Å². The highest BCUT2D eigenvalue weighted by Gasteiger charge is 2.22. The van der Waals surface area contributed by atoms with E-state index in [9.17, 15) is 9.59 Å². The van der Waals surface area contributed by atoms with Crippen LogP contribution in [0.4, 0.5) is 0 Å². The van der Waals surface area contributed by atoms with Gasteiger partial charge in [0.15, 0.2) is 0 Å². The molecule has 1 N–H and O–H groups in total. The Morgan fingerprint density at radius 3 is 2.90 bits per heavy atom. The van der Waals surface area contributed by atoms with Crippen LogP contribution in [-0.2, 0) is 35.5 Å². The fraction of sp³-hybridized carbons (Fsp3) is 0.571. The van der Waals surface area contributed by atoms with E-state index in [4.69, 9.17) is 9.15 Å². The third kappa shape index (κ3) is 5.33. The molecule has 0 bridgehead atoms. The Morgan fingerprint density at radius 1 is 1.23 bits per heavy atom. The summed E-state index contributed by atoms with van der Waals surface area (Å²) in [4.78, 5) is 31.6. The molecule has 2 aromatic heterocycles. The first-order chi connectivity index (χ1) is 14.7. The van der Waals surface area contributed by atoms with Crippen LogP contribution in [0.15, 0.2) is 32.6 Å². The minimum Gasteiger partial charge on any atom is -0.467 e. The molecule has 3 heterocycles. The van der Waals surface area contributed by atoms with Crippen LogP contribution in [0.1, 0.15) is 29.9 Å². The zero-order valence-corrected chi connectivity index (χ0v) is 17.9. The van der Waals surface area contributed by atoms with Gasteiger partial charge in [-0.25, -0.2) is 4.79 Å². The van der Waals surface area contributed by atoms with E-state index in [-0.39, 0.29) is 17.3 Å². The minimum atomic E-state index is -0.198. The van der Waals surface area contributed by atoms with Crippen LogP contribution in [0.2, 0.25) is 0 Å². The molecule has 0 saturated carbocycles. The molecule has 1 fully saturated rings. The number of morpholine rings is 1. The van der Waals surface area contributed by atoms with E-state index < -0.39 is 0 Å². The van der Waals surface area contributed by atoms with E-state index in [0.717, 1.165) is 69.8 Å². The summed E-state index contributed by atoms with van der Waals surface area (Å²) < 4.78 is 12.5. The Balaban J connectivity index is 1.34. The van der Waals surface area contributed by atoms with Gasteiger partial charge < -0.3 is 14.5 Å². The molecule has 0 spiro atoms. The number of thioether (sulfide) groups is 1. The van der Waals surface area contributed by atoms with Gasteiger partial charge >= 0.3 is 5.69 Å². The molecule has 1 aliphatic heterocycles. The predicted molar refractivity (Wildman–Crippen MR) is 114 cm³/mol. The Morgan fingerprint density at radius 2 is 2.10 bits per heavy atom. The van der Waals surface area contributed by atoms with Crippen molar-refractivity contribution in [2.45, 2.75) is 43.8 Å². The molecule has 162 valence electrons. The summed E-state index contributed by atoms with van der Waals surface area (Å²) in [5.74, 6) is 0.854. The highest BCUT2D eigenvalue weighted by Crippen LogP contribution is 2.29. The molecule has 0 aromatic carbocycles. The maximum atomic E-state index is 12.7. The molecule has 4 rings (SSSR count). The van der Waals surface area contributed by atoms with E-state index in [0.29, 0.717) is 23.9 Å². The van der Waals surface area contributed by atoms with Crippen molar-refractivity contribution in [3.63, 3.8) is 0 Å². The van der Waals surface area contributed by atoms with Gasteiger partial charge in [-0.05, 0) is 37.8 Å². The van der Waals surface area contributed by atoms with Gasteiger partial charge in [0, 0.05) is 37.4 Å². The van der Waals surface area contributed by atoms with Crippen LogP contribution in [0.3, 0.4) is 0 Å². The summed E-state index contributed by atoms with van der Waals surface area (Å²) in [7, 11) is 0. The smallest absolute Gasteiger partial charge is 0.348 e. The molecule has 1 aliphatic carbocycles. The Kier molecular flexibility index (Phi) is 7.24. The van der Waals surface area contributed by atoms with Crippen molar-refractivity contribution in [3.8, 4) is 0 Å². The predicted octanol–water partition coefficient (Wildman–Crippen LogP) is 1.46. The summed E-state index contributed by atoms with van der Waals surface area (Å²) in [6, 6.07) is 3.61. The molecule has 8 nitrogen and oxygen atoms in total. The van der Waals surface area contributed by atoms with Crippen molar-refractivity contribution in [3.05, 3.63) is 45.9 Å². The molecular formula is C21H28N4O4S. The number of rotatable bonds is 9. The number of amides is 1. The second-order valence-corrected chi connectivity index (χ2v) is 8.55. The average Bonchev–Trinajstić information content (AvgIpc) is 3.45. The van der Waals surface area contributed by atoms with Gasteiger partial charge in [-0.1, -0.05) is 11.8 Å². The Bertz CT molecular complexity index is 906. The number of nitrogens with zero attached hydrogens (tertiary/aromatic N) is 3. The quantitative estimate of drug-likeness (QED) is 0.474. The SMILES string of the molecule is O=C(CSc1nc(=O)n(CCCN2CCOCC2)c2c1CCC2)NCc1ccco1. The number of hydrogen-bond donors (Lipinski definition) is 1. The van der Waals surface area contributed by atoms with Crippen molar-refractivity contribution in [2.24, 2.45) is 0 Å². The van der Waals surface area contributed by atoms with Gasteiger partial charge in [0.25, 0.3) is 0 Å². The lowest BCUT2D eigenvalue weighted by molar-refractivity contribution is -0.118. The Hall–Kier alpha value is -2.10. The lowest BCUT2D eigenvalue weighted by atomic mass is 10.2. The monoisotopic (exact) mass is 432 g/mol. The standard InChI is InChI=1S/C21H28N4O4S/c26-19(22-14-16-4-2-11-29-16)15-30-20-17-5-1-6-18(17)25(21(27)23-20)8-3-7-24-9-12-28-13-10-24/h2,4,11H,1,3,5-10,12-15H2,(H,22,26). The first-order valence-electron chi connectivity index (χ1n) is 10.6. The number of nitrogens with one attached hydrogen (secondary N) is 1. The largest absolute Gasteiger partial charge is 0.467 e. The van der Waals surface area contributed by atoms with Crippen LogP contribution in [-0.4, -0.2) is 59.0 Å². The molecule has 0 unspecified atom stereocenters. The van der Waals surface area contributed by atoms with Gasteiger partial charge in [0.1, 0.15) is 10.8 Å². The number of ether oxygens (including phenoxy) is 1. The minimum absolute atomic E-state index is 0.0976. The molecule has 9 heteroatoms. The van der Waals surface area contributed by atoms with E-state index in [1.165, 1.54) is 11.8 Å². The van der Waals surface area contributed by atoms with Gasteiger partial charge in [0.05, 0.1) is 31.8 Å². The van der Waals surface area contributed by atoms with Crippen molar-refractivity contribution in [2.75, 3.05) is 38.6 Å². The zero-order valence-electron chi connectivity index (χ0n) is 17.1. The molecule has 1 amide bonds. The summed E-state index contributed by atoms with van der Waals surface area (Å²) in [5.41, 5.74) is 2.05. The van der Waals surface area contributed by atoms with Crippen LogP contribution in [0.5, 0.6) is 0 Å².